The first-order chi connectivity index (χ1) is 8.45. The first-order valence-corrected chi connectivity index (χ1v) is 6.15. The van der Waals surface area contributed by atoms with Gasteiger partial charge in [0, 0.05) is 12.5 Å². The quantitative estimate of drug-likeness (QED) is 0.655. The number of ether oxygens (including phenoxy) is 1. The van der Waals surface area contributed by atoms with Gasteiger partial charge >= 0.3 is 5.91 Å². The Bertz CT molecular complexity index is 483. The van der Waals surface area contributed by atoms with Crippen molar-refractivity contribution in [2.75, 3.05) is 11.9 Å². The molecular weight excluding hydrogens is 232 g/mol. The van der Waals surface area contributed by atoms with Crippen LogP contribution in [0.25, 0.3) is 0 Å². The van der Waals surface area contributed by atoms with E-state index in [1.807, 2.05) is 20.8 Å². The van der Waals surface area contributed by atoms with Crippen LogP contribution in [-0.2, 0) is 11.2 Å². The Morgan fingerprint density at radius 2 is 2.28 bits per heavy atom. The topological polar surface area (TPSA) is 65.3 Å². The summed E-state index contributed by atoms with van der Waals surface area (Å²) in [6, 6.07) is 3.31. The van der Waals surface area contributed by atoms with Crippen LogP contribution in [0.3, 0.4) is 0 Å². The number of rotatable bonds is 3. The summed E-state index contributed by atoms with van der Waals surface area (Å²) >= 11 is 0. The van der Waals surface area contributed by atoms with Crippen molar-refractivity contribution in [3.8, 4) is 5.75 Å². The zero-order valence-electron chi connectivity index (χ0n) is 10.9. The lowest BCUT2D eigenvalue weighted by Gasteiger charge is -2.19. The molecule has 2 heterocycles. The number of carbonyl (C=O) groups excluding carboxylic acids is 1. The summed E-state index contributed by atoms with van der Waals surface area (Å²) in [5.74, 6) is 0.733. The average molecular weight is 250 g/mol. The summed E-state index contributed by atoms with van der Waals surface area (Å²) in [6.45, 7) is 6.18. The van der Waals surface area contributed by atoms with E-state index in [-0.39, 0.29) is 11.7 Å². The van der Waals surface area contributed by atoms with E-state index >= 15 is 0 Å². The molecule has 98 valence electrons. The van der Waals surface area contributed by atoms with Gasteiger partial charge in [0.25, 0.3) is 5.82 Å². The highest BCUT2D eigenvalue weighted by atomic mass is 16.5. The first-order valence-electron chi connectivity index (χ1n) is 6.15. The Morgan fingerprint density at radius 1 is 1.56 bits per heavy atom. The highest BCUT2D eigenvalue weighted by Crippen LogP contribution is 2.25. The zero-order valence-corrected chi connectivity index (χ0v) is 10.9. The number of fused-ring (bicyclic) bond motifs is 1. The Hall–Kier alpha value is -1.78. The largest absolute Gasteiger partial charge is 0.710 e. The number of amides is 1. The Labute approximate surface area is 106 Å². The third-order valence-corrected chi connectivity index (χ3v) is 3.48. The average Bonchev–Trinajstić information content (AvgIpc) is 2.81. The van der Waals surface area contributed by atoms with Crippen molar-refractivity contribution in [2.45, 2.75) is 33.6 Å². The molecule has 0 fully saturated rings. The smallest absolute Gasteiger partial charge is 0.313 e. The molecule has 5 heteroatoms. The van der Waals surface area contributed by atoms with Crippen LogP contribution >= 0.6 is 0 Å². The van der Waals surface area contributed by atoms with E-state index in [1.54, 1.807) is 12.1 Å². The normalized spacial score (nSPS) is 13.9. The van der Waals surface area contributed by atoms with Crippen molar-refractivity contribution in [3.05, 3.63) is 23.0 Å². The number of aromatic nitrogens is 1. The van der Waals surface area contributed by atoms with Gasteiger partial charge in [0.1, 0.15) is 0 Å². The van der Waals surface area contributed by atoms with Crippen molar-refractivity contribution in [3.63, 3.8) is 0 Å². The summed E-state index contributed by atoms with van der Waals surface area (Å²) in [6.07, 6.45) is 1.30. The summed E-state index contributed by atoms with van der Waals surface area (Å²) in [7, 11) is 0. The molecule has 0 saturated heterocycles. The van der Waals surface area contributed by atoms with Crippen LogP contribution in [-0.4, -0.2) is 12.5 Å². The van der Waals surface area contributed by atoms with Gasteiger partial charge in [-0.3, -0.25) is 0 Å². The fourth-order valence-corrected chi connectivity index (χ4v) is 1.72. The maximum atomic E-state index is 12.0. The monoisotopic (exact) mass is 250 g/mol. The van der Waals surface area contributed by atoms with Crippen LogP contribution in [0.5, 0.6) is 5.75 Å². The predicted octanol–water partition coefficient (Wildman–Crippen LogP) is 1.63. The fourth-order valence-electron chi connectivity index (χ4n) is 1.72. The SMILES string of the molecule is CCC(C)(C)C(=O)Nc1ccc2c([n+]1[O-])CCO2. The highest BCUT2D eigenvalue weighted by molar-refractivity contribution is 5.93. The molecule has 1 aliphatic heterocycles. The van der Waals surface area contributed by atoms with E-state index in [0.29, 0.717) is 30.9 Å². The maximum Gasteiger partial charge on any atom is 0.313 e. The summed E-state index contributed by atoms with van der Waals surface area (Å²) in [5, 5.41) is 14.7. The number of nitrogens with zero attached hydrogens (tertiary/aromatic N) is 1. The second kappa shape index (κ2) is 4.48. The number of nitrogens with one attached hydrogen (secondary N) is 1. The van der Waals surface area contributed by atoms with Crippen LogP contribution in [0.15, 0.2) is 12.1 Å². The molecule has 1 aromatic heterocycles. The lowest BCUT2D eigenvalue weighted by Crippen LogP contribution is -2.39. The van der Waals surface area contributed by atoms with Gasteiger partial charge in [0.2, 0.25) is 0 Å². The molecule has 0 radical (unpaired) electrons. The molecule has 0 atom stereocenters. The van der Waals surface area contributed by atoms with E-state index in [9.17, 15) is 10.0 Å². The zero-order chi connectivity index (χ0) is 13.3. The van der Waals surface area contributed by atoms with E-state index < -0.39 is 5.41 Å². The summed E-state index contributed by atoms with van der Waals surface area (Å²) in [5.41, 5.74) is 0.102. The van der Waals surface area contributed by atoms with Crippen molar-refractivity contribution >= 4 is 11.7 Å². The first kappa shape index (κ1) is 12.7. The van der Waals surface area contributed by atoms with Crippen molar-refractivity contribution in [2.24, 2.45) is 5.41 Å². The predicted molar refractivity (Wildman–Crippen MR) is 67.3 cm³/mol. The van der Waals surface area contributed by atoms with E-state index in [0.717, 1.165) is 4.73 Å². The van der Waals surface area contributed by atoms with Gasteiger partial charge < -0.3 is 9.94 Å². The summed E-state index contributed by atoms with van der Waals surface area (Å²) in [4.78, 5) is 12.0. The molecule has 1 amide bonds. The van der Waals surface area contributed by atoms with Crippen LogP contribution in [0, 0.1) is 10.6 Å². The molecular formula is C13H18N2O3. The van der Waals surface area contributed by atoms with Crippen LogP contribution in [0.1, 0.15) is 32.9 Å². The molecule has 0 unspecified atom stereocenters. The molecule has 1 N–H and O–H groups in total. The van der Waals surface area contributed by atoms with E-state index in [4.69, 9.17) is 4.74 Å². The van der Waals surface area contributed by atoms with Gasteiger partial charge in [-0.05, 0) is 26.3 Å². The number of carbonyl (C=O) groups is 1. The Kier molecular flexibility index (Phi) is 3.15. The fraction of sp³-hybridized carbons (Fsp3) is 0.538. The molecule has 0 aromatic carbocycles. The summed E-state index contributed by atoms with van der Waals surface area (Å²) < 4.78 is 6.05. The minimum atomic E-state index is -0.484. The Balaban J connectivity index is 2.23. The third-order valence-electron chi connectivity index (χ3n) is 3.48. The second-order valence-electron chi connectivity index (χ2n) is 5.11. The molecule has 2 rings (SSSR count). The molecule has 0 aliphatic carbocycles. The number of pyridine rings is 1. The van der Waals surface area contributed by atoms with Gasteiger partial charge in [0.15, 0.2) is 11.4 Å². The number of hydrogen-bond donors (Lipinski definition) is 1. The van der Waals surface area contributed by atoms with Crippen molar-refractivity contribution < 1.29 is 14.3 Å². The molecule has 18 heavy (non-hydrogen) atoms. The standard InChI is InChI=1S/C13H18N2O3/c1-4-13(2,3)12(16)14-11-6-5-10-9(15(11)17)7-8-18-10/h5-6H,4,7-8H2,1-3H3,(H,14,16). The molecule has 0 spiro atoms. The Morgan fingerprint density at radius 3 is 2.94 bits per heavy atom. The van der Waals surface area contributed by atoms with Gasteiger partial charge in [-0.15, -0.1) is 0 Å². The van der Waals surface area contributed by atoms with E-state index in [1.165, 1.54) is 0 Å². The van der Waals surface area contributed by atoms with Crippen molar-refractivity contribution in [1.82, 2.24) is 0 Å². The van der Waals surface area contributed by atoms with Crippen LogP contribution < -0.4 is 14.8 Å². The van der Waals surface area contributed by atoms with Gasteiger partial charge in [-0.2, -0.15) is 0 Å². The maximum absolute atomic E-state index is 12.0. The van der Waals surface area contributed by atoms with Gasteiger partial charge in [0.05, 0.1) is 12.0 Å². The molecule has 0 bridgehead atoms. The highest BCUT2D eigenvalue weighted by Gasteiger charge is 2.31. The van der Waals surface area contributed by atoms with Crippen LogP contribution in [0.4, 0.5) is 5.82 Å². The molecule has 1 aromatic rings. The van der Waals surface area contributed by atoms with Crippen molar-refractivity contribution in [1.29, 1.82) is 0 Å². The van der Waals surface area contributed by atoms with E-state index in [2.05, 4.69) is 5.32 Å². The van der Waals surface area contributed by atoms with Gasteiger partial charge in [-0.25, -0.2) is 14.8 Å². The molecule has 0 saturated carbocycles. The minimum absolute atomic E-state index is 0.145. The number of anilines is 1. The van der Waals surface area contributed by atoms with Crippen LogP contribution in [0.2, 0.25) is 0 Å². The third kappa shape index (κ3) is 2.12. The minimum Gasteiger partial charge on any atom is -0.710 e. The number of hydrogen-bond acceptors (Lipinski definition) is 3. The second-order valence-corrected chi connectivity index (χ2v) is 5.11. The lowest BCUT2D eigenvalue weighted by atomic mass is 9.89. The van der Waals surface area contributed by atoms with Gasteiger partial charge in [-0.1, -0.05) is 6.92 Å². The molecule has 1 aliphatic rings. The lowest BCUT2D eigenvalue weighted by molar-refractivity contribution is -0.597. The molecule has 5 nitrogen and oxygen atoms in total.